The molecule has 0 atom stereocenters. The number of carbonyl (C=O) groups is 3. The number of unbranched alkanes of at least 4 members (excludes halogenated alkanes) is 18. The third kappa shape index (κ3) is 18.1. The van der Waals surface area contributed by atoms with Gasteiger partial charge in [-0.15, -0.1) is 12.4 Å². The Labute approximate surface area is 271 Å². The van der Waals surface area contributed by atoms with Crippen molar-refractivity contribution in [2.45, 2.75) is 187 Å². The van der Waals surface area contributed by atoms with E-state index in [9.17, 15) is 14.4 Å². The summed E-state index contributed by atoms with van der Waals surface area (Å²) in [5, 5.41) is 3.31. The van der Waals surface area contributed by atoms with Gasteiger partial charge in [0.05, 0.1) is 0 Å². The Morgan fingerprint density at radius 1 is 0.488 bits per heavy atom. The molecule has 0 saturated heterocycles. The molecule has 0 fully saturated rings. The first kappa shape index (κ1) is 41.5. The maximum Gasteiger partial charge on any atom is 0.195 e. The van der Waals surface area contributed by atoms with Crippen molar-refractivity contribution in [3.8, 4) is 0 Å². The molecule has 1 rings (SSSR count). The molecule has 0 radical (unpaired) electrons. The molecule has 0 heterocycles. The van der Waals surface area contributed by atoms with Crippen molar-refractivity contribution in [2.75, 3.05) is 0 Å². The summed E-state index contributed by atoms with van der Waals surface area (Å²) in [7, 11) is 0. The fraction of sp³-hybridized carbons (Fsp3) is 0.763. The Morgan fingerprint density at radius 2 is 0.791 bits per heavy atom. The second kappa shape index (κ2) is 28.0. The van der Waals surface area contributed by atoms with Gasteiger partial charge in [0.2, 0.25) is 0 Å². The highest BCUT2D eigenvalue weighted by atomic mass is 35.5. The quantitative estimate of drug-likeness (QED) is 0.0687. The van der Waals surface area contributed by atoms with E-state index in [0.29, 0.717) is 25.8 Å². The van der Waals surface area contributed by atoms with Gasteiger partial charge in [-0.1, -0.05) is 167 Å². The summed E-state index contributed by atoms with van der Waals surface area (Å²) in [5.41, 5.74) is -0.722. The van der Waals surface area contributed by atoms with Gasteiger partial charge in [0.25, 0.3) is 0 Å². The van der Waals surface area contributed by atoms with Crippen LogP contribution < -0.4 is 5.32 Å². The van der Waals surface area contributed by atoms with E-state index < -0.39 is 5.54 Å². The Kier molecular flexibility index (Phi) is 27.0. The molecule has 0 amide bonds. The molecule has 248 valence electrons. The molecule has 0 spiro atoms. The summed E-state index contributed by atoms with van der Waals surface area (Å²) in [6, 6.07) is 9.85. The number of benzene rings is 1. The van der Waals surface area contributed by atoms with Crippen LogP contribution in [0.1, 0.15) is 180 Å². The molecule has 43 heavy (non-hydrogen) atoms. The average molecular weight is 620 g/mol. The van der Waals surface area contributed by atoms with E-state index in [4.69, 9.17) is 0 Å². The highest BCUT2D eigenvalue weighted by Crippen LogP contribution is 2.24. The second-order valence-electron chi connectivity index (χ2n) is 12.5. The lowest BCUT2D eigenvalue weighted by molar-refractivity contribution is -0.144. The Morgan fingerprint density at radius 3 is 1.12 bits per heavy atom. The van der Waals surface area contributed by atoms with Crippen LogP contribution in [0.25, 0.3) is 0 Å². The molecule has 1 aromatic carbocycles. The maximum absolute atomic E-state index is 14.0. The fourth-order valence-corrected chi connectivity index (χ4v) is 5.88. The number of nitrogens with one attached hydrogen (secondary N) is 1. The summed E-state index contributed by atoms with van der Waals surface area (Å²) < 4.78 is 0. The van der Waals surface area contributed by atoms with Crippen LogP contribution >= 0.6 is 12.4 Å². The third-order valence-corrected chi connectivity index (χ3v) is 8.68. The minimum Gasteiger partial charge on any atom is -0.297 e. The standard InChI is InChI=1S/C38H65NO3.ClH/c1-4-7-10-13-16-19-25-30-35(40)38(39-33-34-28-23-22-24-29-34,36(41)31-26-20-17-14-11-8-5-2)37(42)32-27-21-18-15-12-9-6-3;/h22-24,28-29,39H,4-21,25-27,30-33H2,1-3H3;1H. The summed E-state index contributed by atoms with van der Waals surface area (Å²) in [6.07, 6.45) is 24.1. The maximum atomic E-state index is 14.0. The van der Waals surface area contributed by atoms with Crippen LogP contribution in [0.3, 0.4) is 0 Å². The molecule has 0 aliphatic carbocycles. The molecule has 5 heteroatoms. The molecular formula is C38H66ClNO3. The monoisotopic (exact) mass is 619 g/mol. The van der Waals surface area contributed by atoms with Gasteiger partial charge in [-0.3, -0.25) is 19.7 Å². The van der Waals surface area contributed by atoms with E-state index in [1.807, 2.05) is 30.3 Å². The minimum atomic E-state index is -1.71. The number of carbonyl (C=O) groups excluding carboxylic acids is 3. The van der Waals surface area contributed by atoms with Crippen LogP contribution in [0.2, 0.25) is 0 Å². The van der Waals surface area contributed by atoms with Crippen molar-refractivity contribution in [3.05, 3.63) is 35.9 Å². The number of halogens is 1. The number of rotatable bonds is 30. The summed E-state index contributed by atoms with van der Waals surface area (Å²) in [6.45, 7) is 6.99. The van der Waals surface area contributed by atoms with Gasteiger partial charge >= 0.3 is 0 Å². The lowest BCUT2D eigenvalue weighted by Gasteiger charge is -2.31. The Bertz CT molecular complexity index is 752. The largest absolute Gasteiger partial charge is 0.297 e. The first-order chi connectivity index (χ1) is 20.5. The van der Waals surface area contributed by atoms with E-state index in [0.717, 1.165) is 63.4 Å². The SMILES string of the molecule is CCCCCCCCCC(=O)C(NCc1ccccc1)(C(=O)CCCCCCCCC)C(=O)CCCCCCCCC.Cl. The van der Waals surface area contributed by atoms with E-state index in [-0.39, 0.29) is 29.8 Å². The zero-order chi connectivity index (χ0) is 30.7. The van der Waals surface area contributed by atoms with Crippen molar-refractivity contribution < 1.29 is 14.4 Å². The van der Waals surface area contributed by atoms with E-state index >= 15 is 0 Å². The predicted octanol–water partition coefficient (Wildman–Crippen LogP) is 11.1. The number of hydrogen-bond acceptors (Lipinski definition) is 4. The molecule has 0 unspecified atom stereocenters. The summed E-state index contributed by atoms with van der Waals surface area (Å²) in [4.78, 5) is 42.0. The zero-order valence-corrected chi connectivity index (χ0v) is 29.0. The van der Waals surface area contributed by atoms with Crippen molar-refractivity contribution in [1.82, 2.24) is 5.32 Å². The molecule has 1 N–H and O–H groups in total. The zero-order valence-electron chi connectivity index (χ0n) is 28.2. The van der Waals surface area contributed by atoms with Crippen molar-refractivity contribution in [2.24, 2.45) is 0 Å². The van der Waals surface area contributed by atoms with Gasteiger partial charge in [0, 0.05) is 25.8 Å². The number of hydrogen-bond donors (Lipinski definition) is 1. The van der Waals surface area contributed by atoms with Crippen LogP contribution in [-0.4, -0.2) is 22.9 Å². The highest BCUT2D eigenvalue weighted by molar-refractivity contribution is 6.29. The summed E-state index contributed by atoms with van der Waals surface area (Å²) in [5.74, 6) is -0.603. The van der Waals surface area contributed by atoms with Crippen LogP contribution in [0.15, 0.2) is 30.3 Å². The van der Waals surface area contributed by atoms with Crippen molar-refractivity contribution in [3.63, 3.8) is 0 Å². The number of Topliss-reactive ketones (excluding diaryl/α,β-unsaturated/α-hetero) is 3. The number of ketones is 3. The molecule has 0 saturated carbocycles. The van der Waals surface area contributed by atoms with Gasteiger partial charge in [0.15, 0.2) is 22.9 Å². The van der Waals surface area contributed by atoms with Gasteiger partial charge in [-0.05, 0) is 24.8 Å². The molecule has 0 aromatic heterocycles. The van der Waals surface area contributed by atoms with Gasteiger partial charge in [0.1, 0.15) is 0 Å². The van der Waals surface area contributed by atoms with Crippen LogP contribution in [-0.2, 0) is 20.9 Å². The highest BCUT2D eigenvalue weighted by Gasteiger charge is 2.49. The average Bonchev–Trinajstić information content (AvgIpc) is 3.00. The smallest absolute Gasteiger partial charge is 0.195 e. The van der Waals surface area contributed by atoms with E-state index in [1.54, 1.807) is 0 Å². The van der Waals surface area contributed by atoms with Crippen molar-refractivity contribution in [1.29, 1.82) is 0 Å². The predicted molar refractivity (Wildman–Crippen MR) is 186 cm³/mol. The normalized spacial score (nSPS) is 11.3. The molecule has 0 aliphatic heterocycles. The first-order valence-corrected chi connectivity index (χ1v) is 17.9. The van der Waals surface area contributed by atoms with Crippen LogP contribution in [0, 0.1) is 0 Å². The molecule has 0 bridgehead atoms. The molecular weight excluding hydrogens is 554 g/mol. The fourth-order valence-electron chi connectivity index (χ4n) is 5.88. The Hall–Kier alpha value is -1.52. The molecule has 4 nitrogen and oxygen atoms in total. The lowest BCUT2D eigenvalue weighted by Crippen LogP contribution is -2.63. The Balaban J connectivity index is 0.0000176. The summed E-state index contributed by atoms with van der Waals surface area (Å²) >= 11 is 0. The van der Waals surface area contributed by atoms with E-state index in [2.05, 4.69) is 26.1 Å². The van der Waals surface area contributed by atoms with Crippen LogP contribution in [0.4, 0.5) is 0 Å². The lowest BCUT2D eigenvalue weighted by atomic mass is 9.78. The first-order valence-electron chi connectivity index (χ1n) is 17.9. The topological polar surface area (TPSA) is 63.2 Å². The van der Waals surface area contributed by atoms with Gasteiger partial charge in [-0.2, -0.15) is 0 Å². The minimum absolute atomic E-state index is 0. The van der Waals surface area contributed by atoms with E-state index in [1.165, 1.54) is 77.0 Å². The third-order valence-electron chi connectivity index (χ3n) is 8.68. The molecule has 0 aliphatic rings. The van der Waals surface area contributed by atoms with Gasteiger partial charge < -0.3 is 0 Å². The van der Waals surface area contributed by atoms with Crippen LogP contribution in [0.5, 0.6) is 0 Å². The van der Waals surface area contributed by atoms with Gasteiger partial charge in [-0.25, -0.2) is 0 Å². The second-order valence-corrected chi connectivity index (χ2v) is 12.5. The molecule has 1 aromatic rings. The van der Waals surface area contributed by atoms with Crippen molar-refractivity contribution >= 4 is 29.8 Å².